The number of amides is 4. The van der Waals surface area contributed by atoms with Gasteiger partial charge >= 0.3 is 12.1 Å². The van der Waals surface area contributed by atoms with Crippen LogP contribution in [0.15, 0.2) is 30.3 Å². The van der Waals surface area contributed by atoms with Gasteiger partial charge in [-0.25, -0.2) is 4.79 Å². The number of alkyl carbamates (subject to hydrolysis) is 1. The van der Waals surface area contributed by atoms with Crippen LogP contribution in [0.5, 0.6) is 0 Å². The van der Waals surface area contributed by atoms with Crippen molar-refractivity contribution in [2.24, 2.45) is 0 Å². The molecule has 0 saturated carbocycles. The lowest BCUT2D eigenvalue weighted by Crippen LogP contribution is -2.51. The number of ether oxygens (including phenoxy) is 1. The van der Waals surface area contributed by atoms with E-state index in [1.807, 2.05) is 0 Å². The van der Waals surface area contributed by atoms with Gasteiger partial charge < -0.3 is 31.1 Å². The summed E-state index contributed by atoms with van der Waals surface area (Å²) >= 11 is 0. The van der Waals surface area contributed by atoms with Crippen LogP contribution in [0, 0.1) is 0 Å². The Kier molecular flexibility index (Phi) is 11.6. The molecule has 0 radical (unpaired) electrons. The van der Waals surface area contributed by atoms with Crippen molar-refractivity contribution in [1.29, 1.82) is 0 Å². The summed E-state index contributed by atoms with van der Waals surface area (Å²) in [5, 5.41) is 18.1. The van der Waals surface area contributed by atoms with Gasteiger partial charge in [0.15, 0.2) is 0 Å². The Labute approximate surface area is 193 Å². The quantitative estimate of drug-likeness (QED) is 0.250. The largest absolute Gasteiger partial charge is 0.480 e. The minimum absolute atomic E-state index is 0.136. The number of hydrogen-bond donors (Lipinski definition) is 5. The molecule has 0 aliphatic rings. The fraction of sp³-hybridized carbons (Fsp3) is 0.476. The van der Waals surface area contributed by atoms with Crippen LogP contribution in [0.25, 0.3) is 0 Å². The van der Waals surface area contributed by atoms with Gasteiger partial charge in [0.1, 0.15) is 19.1 Å². The van der Waals surface area contributed by atoms with Crippen molar-refractivity contribution in [2.45, 2.75) is 38.1 Å². The molecular weight excluding hydrogens is 448 g/mol. The molecule has 1 aromatic rings. The average molecular weight is 481 g/mol. The van der Waals surface area contributed by atoms with Gasteiger partial charge in [0.05, 0.1) is 13.2 Å². The van der Waals surface area contributed by atoms with Crippen LogP contribution in [0.1, 0.15) is 5.56 Å². The van der Waals surface area contributed by atoms with Crippen LogP contribution in [0.3, 0.4) is 0 Å². The summed E-state index contributed by atoms with van der Waals surface area (Å²) in [6, 6.07) is 8.64. The van der Waals surface area contributed by atoms with Crippen LogP contribution in [-0.4, -0.2) is 75.2 Å². The molecule has 0 heterocycles. The fourth-order valence-electron chi connectivity index (χ4n) is 2.49. The molecule has 0 aliphatic carbocycles. The lowest BCUT2D eigenvalue weighted by molar-refractivity contribution is -0.138. The first kappa shape index (κ1) is 27.6. The molecule has 4 amide bonds. The number of carbonyl (C=O) groups is 5. The number of carboxylic acid groups (broad SMARTS) is 1. The van der Waals surface area contributed by atoms with Gasteiger partial charge in [0.25, 0.3) is 0 Å². The van der Waals surface area contributed by atoms with E-state index < -0.39 is 57.0 Å². The summed E-state index contributed by atoms with van der Waals surface area (Å²) in [5.41, 5.74) is 0.758. The third-order valence-corrected chi connectivity index (χ3v) is 5.98. The smallest absolute Gasteiger partial charge is 0.407 e. The maximum absolute atomic E-state index is 12.3. The van der Waals surface area contributed by atoms with Crippen molar-refractivity contribution < 1.29 is 33.8 Å². The van der Waals surface area contributed by atoms with E-state index in [0.29, 0.717) is 0 Å². The number of carbonyl (C=O) groups excluding carboxylic acids is 4. The third-order valence-electron chi connectivity index (χ3n) is 4.27. The number of aliphatic carboxylic acids is 1. The lowest BCUT2D eigenvalue weighted by Gasteiger charge is -2.18. The van der Waals surface area contributed by atoms with Gasteiger partial charge in [-0.1, -0.05) is 50.0 Å². The molecule has 182 valence electrons. The minimum atomic E-state index is -1.34. The van der Waals surface area contributed by atoms with E-state index in [9.17, 15) is 24.0 Å². The number of rotatable bonds is 13. The Morgan fingerprint density at radius 2 is 1.55 bits per heavy atom. The highest BCUT2D eigenvalue weighted by Gasteiger charge is 2.22. The second-order valence-corrected chi connectivity index (χ2v) is 14.1. The molecule has 11 nitrogen and oxygen atoms in total. The Hall–Kier alpha value is -3.41. The van der Waals surface area contributed by atoms with E-state index in [0.717, 1.165) is 11.6 Å². The highest BCUT2D eigenvalue weighted by atomic mass is 28.3. The van der Waals surface area contributed by atoms with E-state index in [2.05, 4.69) is 40.9 Å². The zero-order chi connectivity index (χ0) is 24.9. The van der Waals surface area contributed by atoms with Crippen molar-refractivity contribution >= 4 is 37.9 Å². The molecular formula is C21H32N4O7Si. The van der Waals surface area contributed by atoms with Crippen LogP contribution in [0.2, 0.25) is 25.7 Å². The van der Waals surface area contributed by atoms with E-state index in [1.54, 1.807) is 30.3 Å². The average Bonchev–Trinajstić information content (AvgIpc) is 2.74. The highest BCUT2D eigenvalue weighted by Crippen LogP contribution is 2.07. The SMILES string of the molecule is C[Si](C)(C)CCOC(=O)NCC(=O)NCC(=O)NC(Cc1ccccc1)C(=O)NCC(=O)O. The molecule has 12 heteroatoms. The Bertz CT molecular complexity index is 828. The first-order valence-electron chi connectivity index (χ1n) is 10.5. The molecule has 0 fully saturated rings. The standard InChI is InChI=1S/C21H32N4O7Si/c1-33(2,3)10-9-32-21(31)24-12-17(26)22-13-18(27)25-16(20(30)23-14-19(28)29)11-15-7-5-4-6-8-15/h4-8,16H,9-14H2,1-3H3,(H,22,26)(H,23,30)(H,24,31)(H,25,27)(H,28,29). The highest BCUT2D eigenvalue weighted by molar-refractivity contribution is 6.76. The van der Waals surface area contributed by atoms with E-state index in [-0.39, 0.29) is 19.6 Å². The summed E-state index contributed by atoms with van der Waals surface area (Å²) in [6.07, 6.45) is -0.581. The molecule has 1 aromatic carbocycles. The fourth-order valence-corrected chi connectivity index (χ4v) is 3.20. The minimum Gasteiger partial charge on any atom is -0.480 e. The van der Waals surface area contributed by atoms with Gasteiger partial charge in [-0.05, 0) is 11.6 Å². The van der Waals surface area contributed by atoms with Gasteiger partial charge in [-0.2, -0.15) is 0 Å². The monoisotopic (exact) mass is 480 g/mol. The summed E-state index contributed by atoms with van der Waals surface area (Å²) in [5.74, 6) is -3.13. The maximum atomic E-state index is 12.3. The van der Waals surface area contributed by atoms with Gasteiger partial charge in [-0.15, -0.1) is 0 Å². The summed E-state index contributed by atoms with van der Waals surface area (Å²) in [4.78, 5) is 58.7. The molecule has 1 unspecified atom stereocenters. The molecule has 0 aliphatic heterocycles. The van der Waals surface area contributed by atoms with Crippen LogP contribution in [0.4, 0.5) is 4.79 Å². The van der Waals surface area contributed by atoms with Crippen molar-refractivity contribution in [3.63, 3.8) is 0 Å². The van der Waals surface area contributed by atoms with E-state index >= 15 is 0 Å². The third kappa shape index (κ3) is 13.6. The number of benzene rings is 1. The molecule has 0 saturated heterocycles. The number of nitrogens with one attached hydrogen (secondary N) is 4. The Morgan fingerprint density at radius 3 is 2.15 bits per heavy atom. The van der Waals surface area contributed by atoms with Gasteiger partial charge in [0, 0.05) is 14.5 Å². The van der Waals surface area contributed by atoms with E-state index in [4.69, 9.17) is 9.84 Å². The zero-order valence-corrected chi connectivity index (χ0v) is 20.1. The van der Waals surface area contributed by atoms with Crippen molar-refractivity contribution in [3.05, 3.63) is 35.9 Å². The molecule has 1 atom stereocenters. The van der Waals surface area contributed by atoms with E-state index in [1.165, 1.54) is 0 Å². The second-order valence-electron chi connectivity index (χ2n) is 8.50. The number of hydrogen-bond acceptors (Lipinski definition) is 6. The molecule has 33 heavy (non-hydrogen) atoms. The molecule has 5 N–H and O–H groups in total. The first-order valence-corrected chi connectivity index (χ1v) is 14.2. The molecule has 0 spiro atoms. The van der Waals surface area contributed by atoms with Crippen molar-refractivity contribution in [1.82, 2.24) is 21.3 Å². The summed E-state index contributed by atoms with van der Waals surface area (Å²) in [6.45, 7) is 5.33. The normalized spacial score (nSPS) is 11.6. The van der Waals surface area contributed by atoms with Gasteiger partial charge in [-0.3, -0.25) is 19.2 Å². The first-order chi connectivity index (χ1) is 15.5. The predicted molar refractivity (Wildman–Crippen MR) is 123 cm³/mol. The molecule has 1 rings (SSSR count). The topological polar surface area (TPSA) is 163 Å². The summed E-state index contributed by atoms with van der Waals surface area (Å²) < 4.78 is 5.01. The Morgan fingerprint density at radius 1 is 0.909 bits per heavy atom. The van der Waals surface area contributed by atoms with Crippen molar-refractivity contribution in [2.75, 3.05) is 26.2 Å². The summed E-state index contributed by atoms with van der Waals surface area (Å²) in [7, 11) is -1.34. The maximum Gasteiger partial charge on any atom is 0.407 e. The zero-order valence-electron chi connectivity index (χ0n) is 19.1. The molecule has 0 aromatic heterocycles. The lowest BCUT2D eigenvalue weighted by atomic mass is 10.1. The van der Waals surface area contributed by atoms with Crippen LogP contribution in [-0.2, 0) is 30.3 Å². The van der Waals surface area contributed by atoms with Crippen LogP contribution >= 0.6 is 0 Å². The second kappa shape index (κ2) is 13.9. The van der Waals surface area contributed by atoms with Crippen molar-refractivity contribution in [3.8, 4) is 0 Å². The van der Waals surface area contributed by atoms with Crippen LogP contribution < -0.4 is 21.3 Å². The van der Waals surface area contributed by atoms with Gasteiger partial charge in [0.2, 0.25) is 17.7 Å². The number of carboxylic acids is 1. The molecule has 0 bridgehead atoms. The Balaban J connectivity index is 2.47. The predicted octanol–water partition coefficient (Wildman–Crippen LogP) is 0.0953.